The third-order valence-electron chi connectivity index (χ3n) is 7.31. The lowest BCUT2D eigenvalue weighted by atomic mass is 9.69. The summed E-state index contributed by atoms with van der Waals surface area (Å²) in [4.78, 5) is 0. The van der Waals surface area contributed by atoms with Gasteiger partial charge in [0, 0.05) is 18.5 Å². The van der Waals surface area contributed by atoms with Crippen LogP contribution in [0.5, 0.6) is 0 Å². The molecule has 3 nitrogen and oxygen atoms in total. The zero-order valence-corrected chi connectivity index (χ0v) is 17.1. The molecule has 0 amide bonds. The quantitative estimate of drug-likeness (QED) is 0.601. The predicted molar refractivity (Wildman–Crippen MR) is 118 cm³/mol. The van der Waals surface area contributed by atoms with E-state index in [2.05, 4.69) is 53.9 Å². The molecule has 0 aromatic rings. The summed E-state index contributed by atoms with van der Waals surface area (Å²) in [6.07, 6.45) is 28.2. The molecule has 0 heterocycles. The average Bonchev–Trinajstić information content (AvgIpc) is 2.77. The molecule has 4 rings (SSSR count). The summed E-state index contributed by atoms with van der Waals surface area (Å²) < 4.78 is 0. The van der Waals surface area contributed by atoms with E-state index in [4.69, 9.17) is 11.5 Å². The number of fused-ring (bicyclic) bond motifs is 1. The minimum Gasteiger partial charge on any atom is -0.326 e. The second-order valence-electron chi connectivity index (χ2n) is 9.19. The molecule has 0 saturated heterocycles. The van der Waals surface area contributed by atoms with Gasteiger partial charge >= 0.3 is 0 Å². The zero-order valence-electron chi connectivity index (χ0n) is 17.1. The van der Waals surface area contributed by atoms with Crippen LogP contribution in [0.1, 0.15) is 51.4 Å². The molecule has 6 atom stereocenters. The van der Waals surface area contributed by atoms with Gasteiger partial charge in [-0.3, -0.25) is 0 Å². The maximum Gasteiger partial charge on any atom is 0.0614 e. The van der Waals surface area contributed by atoms with Crippen molar-refractivity contribution in [3.8, 4) is 0 Å². The van der Waals surface area contributed by atoms with Crippen LogP contribution in [0.25, 0.3) is 0 Å². The predicted octanol–water partition coefficient (Wildman–Crippen LogP) is 4.35. The van der Waals surface area contributed by atoms with E-state index >= 15 is 0 Å². The van der Waals surface area contributed by atoms with Crippen LogP contribution in [0.15, 0.2) is 59.8 Å². The molecule has 4 aliphatic carbocycles. The van der Waals surface area contributed by atoms with Crippen molar-refractivity contribution in [2.24, 2.45) is 35.1 Å². The van der Waals surface area contributed by atoms with Gasteiger partial charge in [-0.1, -0.05) is 55.0 Å². The third-order valence-corrected chi connectivity index (χ3v) is 7.31. The molecule has 0 aliphatic heterocycles. The Hall–Kier alpha value is -1.42. The van der Waals surface area contributed by atoms with Crippen LogP contribution in [0.3, 0.4) is 0 Å². The second-order valence-corrected chi connectivity index (χ2v) is 9.19. The van der Waals surface area contributed by atoms with Gasteiger partial charge in [0.05, 0.1) is 6.17 Å². The van der Waals surface area contributed by atoms with Gasteiger partial charge in [0.25, 0.3) is 0 Å². The van der Waals surface area contributed by atoms with E-state index in [9.17, 15) is 0 Å². The van der Waals surface area contributed by atoms with Gasteiger partial charge < -0.3 is 16.8 Å². The van der Waals surface area contributed by atoms with E-state index in [1.165, 1.54) is 50.5 Å². The lowest BCUT2D eigenvalue weighted by Gasteiger charge is -2.38. The fraction of sp³-hybridized carbons (Fsp3) is 0.600. The van der Waals surface area contributed by atoms with Crippen molar-refractivity contribution >= 4 is 0 Å². The lowest BCUT2D eigenvalue weighted by Crippen LogP contribution is -2.50. The van der Waals surface area contributed by atoms with Crippen molar-refractivity contribution in [3.63, 3.8) is 0 Å². The van der Waals surface area contributed by atoms with Crippen molar-refractivity contribution in [3.05, 3.63) is 59.8 Å². The van der Waals surface area contributed by atoms with E-state index in [-0.39, 0.29) is 12.2 Å². The average molecular weight is 380 g/mol. The number of allylic oxidation sites excluding steroid dienone is 9. The summed E-state index contributed by atoms with van der Waals surface area (Å²) >= 11 is 0. The number of nitrogens with one attached hydrogen (secondary N) is 1. The molecule has 4 aliphatic rings. The molecule has 0 aromatic heterocycles. The Morgan fingerprint density at radius 2 is 2.04 bits per heavy atom. The Morgan fingerprint density at radius 3 is 2.89 bits per heavy atom. The lowest BCUT2D eigenvalue weighted by molar-refractivity contribution is 0.191. The SMILES string of the molecule is NC(CNC(N)C1C=CC=CC1)C1CCCC(C2C=C3C=CCCC3=CC2)C1. The highest BCUT2D eigenvalue weighted by molar-refractivity contribution is 5.45. The van der Waals surface area contributed by atoms with Crippen LogP contribution in [0, 0.1) is 23.7 Å². The number of hydrogen-bond acceptors (Lipinski definition) is 3. The fourth-order valence-corrected chi connectivity index (χ4v) is 5.49. The highest BCUT2D eigenvalue weighted by Gasteiger charge is 2.31. The van der Waals surface area contributed by atoms with E-state index < -0.39 is 0 Å². The number of rotatable bonds is 6. The Balaban J connectivity index is 1.28. The molecular weight excluding hydrogens is 342 g/mol. The summed E-state index contributed by atoms with van der Waals surface area (Å²) in [5.41, 5.74) is 16.1. The summed E-state index contributed by atoms with van der Waals surface area (Å²) in [7, 11) is 0. The number of nitrogens with two attached hydrogens (primary N) is 2. The van der Waals surface area contributed by atoms with Crippen molar-refractivity contribution in [2.75, 3.05) is 6.54 Å². The Bertz CT molecular complexity index is 684. The Morgan fingerprint density at radius 1 is 1.11 bits per heavy atom. The molecule has 0 spiro atoms. The molecule has 0 aromatic carbocycles. The highest BCUT2D eigenvalue weighted by atomic mass is 15.0. The van der Waals surface area contributed by atoms with Crippen molar-refractivity contribution < 1.29 is 0 Å². The molecular formula is C25H37N3. The Labute approximate surface area is 170 Å². The molecule has 1 fully saturated rings. The summed E-state index contributed by atoms with van der Waals surface area (Å²) in [5.74, 6) is 2.48. The van der Waals surface area contributed by atoms with Gasteiger partial charge in [-0.05, 0) is 73.8 Å². The van der Waals surface area contributed by atoms with Crippen LogP contribution in [0.4, 0.5) is 0 Å². The number of hydrogen-bond donors (Lipinski definition) is 3. The van der Waals surface area contributed by atoms with Crippen molar-refractivity contribution in [2.45, 2.75) is 63.6 Å². The monoisotopic (exact) mass is 379 g/mol. The molecule has 5 N–H and O–H groups in total. The van der Waals surface area contributed by atoms with Gasteiger partial charge in [0.2, 0.25) is 0 Å². The first kappa shape index (κ1) is 19.9. The zero-order chi connectivity index (χ0) is 19.3. The summed E-state index contributed by atoms with van der Waals surface area (Å²) in [5, 5.41) is 3.52. The molecule has 3 heteroatoms. The van der Waals surface area contributed by atoms with Gasteiger partial charge in [-0.25, -0.2) is 0 Å². The smallest absolute Gasteiger partial charge is 0.0614 e. The van der Waals surface area contributed by atoms with Gasteiger partial charge in [-0.15, -0.1) is 0 Å². The molecule has 0 radical (unpaired) electrons. The molecule has 6 unspecified atom stereocenters. The Kier molecular flexibility index (Phi) is 6.66. The van der Waals surface area contributed by atoms with Crippen LogP contribution >= 0.6 is 0 Å². The van der Waals surface area contributed by atoms with Crippen LogP contribution < -0.4 is 16.8 Å². The highest BCUT2D eigenvalue weighted by Crippen LogP contribution is 2.41. The minimum absolute atomic E-state index is 0.00337. The fourth-order valence-electron chi connectivity index (χ4n) is 5.49. The van der Waals surface area contributed by atoms with E-state index in [0.717, 1.165) is 18.9 Å². The van der Waals surface area contributed by atoms with Crippen LogP contribution in [-0.2, 0) is 0 Å². The van der Waals surface area contributed by atoms with Crippen molar-refractivity contribution in [1.82, 2.24) is 5.32 Å². The van der Waals surface area contributed by atoms with E-state index in [0.29, 0.717) is 17.8 Å². The summed E-state index contributed by atoms with van der Waals surface area (Å²) in [6, 6.07) is 0.203. The largest absolute Gasteiger partial charge is 0.326 e. The standard InChI is InChI=1S/C25H37N3/c26-24(17-28-25(27)19-8-2-1-3-9-19)23-12-6-11-21(16-23)22-14-13-18-7-4-5-10-20(18)15-22/h1-3,5,8,10,13,15,19,21-25,28H,4,6-7,9,11-12,14,16-17,26-27H2. The van der Waals surface area contributed by atoms with Gasteiger partial charge in [0.1, 0.15) is 0 Å². The van der Waals surface area contributed by atoms with E-state index in [1.54, 1.807) is 5.57 Å². The van der Waals surface area contributed by atoms with Gasteiger partial charge in [-0.2, -0.15) is 0 Å². The van der Waals surface area contributed by atoms with Crippen molar-refractivity contribution in [1.29, 1.82) is 0 Å². The maximum atomic E-state index is 6.64. The van der Waals surface area contributed by atoms with Gasteiger partial charge in [0.15, 0.2) is 0 Å². The van der Waals surface area contributed by atoms with E-state index in [1.807, 2.05) is 0 Å². The normalized spacial score (nSPS) is 34.4. The molecule has 152 valence electrons. The topological polar surface area (TPSA) is 64.1 Å². The minimum atomic E-state index is -0.00337. The van der Waals surface area contributed by atoms with Crippen LogP contribution in [0.2, 0.25) is 0 Å². The first-order chi connectivity index (χ1) is 13.7. The first-order valence-corrected chi connectivity index (χ1v) is 11.4. The van der Waals surface area contributed by atoms with Crippen LogP contribution in [-0.4, -0.2) is 18.8 Å². The summed E-state index contributed by atoms with van der Waals surface area (Å²) in [6.45, 7) is 0.825. The maximum absolute atomic E-state index is 6.64. The molecule has 1 saturated carbocycles. The second kappa shape index (κ2) is 9.39. The molecule has 28 heavy (non-hydrogen) atoms. The first-order valence-electron chi connectivity index (χ1n) is 11.4. The molecule has 0 bridgehead atoms. The third kappa shape index (κ3) is 4.76.